The van der Waals surface area contributed by atoms with Gasteiger partial charge in [-0.15, -0.1) is 11.3 Å². The molecule has 4 heterocycles. The monoisotopic (exact) mass is 424 g/mol. The van der Waals surface area contributed by atoms with Crippen molar-refractivity contribution in [2.45, 2.75) is 25.2 Å². The Morgan fingerprint density at radius 1 is 1.27 bits per heavy atom. The van der Waals surface area contributed by atoms with Crippen molar-refractivity contribution in [3.05, 3.63) is 53.1 Å². The van der Waals surface area contributed by atoms with Crippen LogP contribution >= 0.6 is 11.3 Å². The second-order valence-electron chi connectivity index (χ2n) is 7.61. The van der Waals surface area contributed by atoms with E-state index in [0.29, 0.717) is 25.1 Å². The van der Waals surface area contributed by atoms with Crippen LogP contribution in [0.2, 0.25) is 0 Å². The minimum absolute atomic E-state index is 0.0507. The summed E-state index contributed by atoms with van der Waals surface area (Å²) in [4.78, 5) is 37.3. The van der Waals surface area contributed by atoms with E-state index in [1.807, 2.05) is 22.4 Å². The van der Waals surface area contributed by atoms with E-state index in [1.54, 1.807) is 37.6 Å². The summed E-state index contributed by atoms with van der Waals surface area (Å²) in [6.07, 6.45) is 7.01. The average molecular weight is 425 g/mol. The lowest BCUT2D eigenvalue weighted by Crippen LogP contribution is -2.39. The highest BCUT2D eigenvalue weighted by atomic mass is 32.1. The van der Waals surface area contributed by atoms with Crippen LogP contribution < -0.4 is 0 Å². The maximum atomic E-state index is 12.8. The van der Waals surface area contributed by atoms with Crippen LogP contribution in [0.1, 0.15) is 40.5 Å². The molecule has 8 nitrogen and oxygen atoms in total. The van der Waals surface area contributed by atoms with Gasteiger partial charge >= 0.3 is 0 Å². The predicted molar refractivity (Wildman–Crippen MR) is 114 cm³/mol. The molecular formula is C21H24N6O2S. The molecule has 3 aromatic rings. The van der Waals surface area contributed by atoms with Gasteiger partial charge in [-0.25, -0.2) is 4.98 Å². The molecule has 0 bridgehead atoms. The summed E-state index contributed by atoms with van der Waals surface area (Å²) >= 11 is 1.53. The zero-order valence-corrected chi connectivity index (χ0v) is 17.9. The van der Waals surface area contributed by atoms with Crippen LogP contribution in [0.3, 0.4) is 0 Å². The molecule has 0 spiro atoms. The SMILES string of the molecule is CN(C)C(=O)c1cn[nH]c1C1CCN(C(=O)Cc2csc(-c3cccnc3)n2)CC1. The third kappa shape index (κ3) is 4.25. The lowest BCUT2D eigenvalue weighted by atomic mass is 9.91. The van der Waals surface area contributed by atoms with Crippen molar-refractivity contribution in [3.63, 3.8) is 0 Å². The lowest BCUT2D eigenvalue weighted by Gasteiger charge is -2.32. The summed E-state index contributed by atoms with van der Waals surface area (Å²) in [6, 6.07) is 3.84. The quantitative estimate of drug-likeness (QED) is 0.679. The first-order chi connectivity index (χ1) is 14.5. The third-order valence-electron chi connectivity index (χ3n) is 5.35. The molecule has 0 radical (unpaired) electrons. The van der Waals surface area contributed by atoms with Gasteiger partial charge in [0.05, 0.1) is 29.6 Å². The molecule has 1 saturated heterocycles. The van der Waals surface area contributed by atoms with Crippen LogP contribution in [0.25, 0.3) is 10.6 Å². The molecule has 1 N–H and O–H groups in total. The van der Waals surface area contributed by atoms with Gasteiger partial charge in [0.15, 0.2) is 0 Å². The highest BCUT2D eigenvalue weighted by molar-refractivity contribution is 7.13. The van der Waals surface area contributed by atoms with Gasteiger partial charge in [0.1, 0.15) is 5.01 Å². The summed E-state index contributed by atoms with van der Waals surface area (Å²) in [7, 11) is 3.47. The number of hydrogen-bond donors (Lipinski definition) is 1. The molecule has 1 aliphatic rings. The maximum absolute atomic E-state index is 12.8. The highest BCUT2D eigenvalue weighted by Gasteiger charge is 2.28. The third-order valence-corrected chi connectivity index (χ3v) is 6.29. The lowest BCUT2D eigenvalue weighted by molar-refractivity contribution is -0.131. The van der Waals surface area contributed by atoms with Gasteiger partial charge in [-0.3, -0.25) is 19.7 Å². The van der Waals surface area contributed by atoms with Crippen LogP contribution in [0.15, 0.2) is 36.1 Å². The summed E-state index contributed by atoms with van der Waals surface area (Å²) in [5, 5.41) is 9.89. The molecule has 0 aromatic carbocycles. The molecule has 156 valence electrons. The van der Waals surface area contributed by atoms with Gasteiger partial charge in [0.25, 0.3) is 5.91 Å². The summed E-state index contributed by atoms with van der Waals surface area (Å²) < 4.78 is 0. The molecule has 2 amide bonds. The topological polar surface area (TPSA) is 95.1 Å². The number of carbonyl (C=O) groups excluding carboxylic acids is 2. The number of likely N-dealkylation sites (tertiary alicyclic amines) is 1. The second kappa shape index (κ2) is 8.74. The Balaban J connectivity index is 1.35. The number of piperidine rings is 1. The van der Waals surface area contributed by atoms with E-state index in [-0.39, 0.29) is 17.7 Å². The number of H-pyrrole nitrogens is 1. The second-order valence-corrected chi connectivity index (χ2v) is 8.47. The number of aromatic amines is 1. The first-order valence-electron chi connectivity index (χ1n) is 9.90. The largest absolute Gasteiger partial charge is 0.345 e. The number of nitrogens with zero attached hydrogens (tertiary/aromatic N) is 5. The number of thiazole rings is 1. The van der Waals surface area contributed by atoms with Crippen molar-refractivity contribution in [2.24, 2.45) is 0 Å². The molecule has 4 rings (SSSR count). The molecular weight excluding hydrogens is 400 g/mol. The molecule has 0 atom stereocenters. The van der Waals surface area contributed by atoms with Crippen LogP contribution in [-0.2, 0) is 11.2 Å². The molecule has 1 fully saturated rings. The van der Waals surface area contributed by atoms with Crippen molar-refractivity contribution in [1.29, 1.82) is 0 Å². The fourth-order valence-electron chi connectivity index (χ4n) is 3.71. The van der Waals surface area contributed by atoms with Crippen LogP contribution in [-0.4, -0.2) is 69.0 Å². The Morgan fingerprint density at radius 2 is 2.07 bits per heavy atom. The molecule has 3 aromatic heterocycles. The highest BCUT2D eigenvalue weighted by Crippen LogP contribution is 2.30. The fraction of sp³-hybridized carbons (Fsp3) is 0.381. The van der Waals surface area contributed by atoms with Crippen molar-refractivity contribution in [3.8, 4) is 10.6 Å². The van der Waals surface area contributed by atoms with E-state index in [1.165, 1.54) is 11.3 Å². The Kier molecular flexibility index (Phi) is 5.89. The average Bonchev–Trinajstić information content (AvgIpc) is 3.44. The summed E-state index contributed by atoms with van der Waals surface area (Å²) in [5.74, 6) is 0.239. The van der Waals surface area contributed by atoms with Gasteiger partial charge in [0, 0.05) is 56.4 Å². The number of carbonyl (C=O) groups is 2. The molecule has 0 saturated carbocycles. The Hall–Kier alpha value is -3.07. The normalized spacial score (nSPS) is 14.7. The van der Waals surface area contributed by atoms with Gasteiger partial charge in [-0.1, -0.05) is 0 Å². The minimum Gasteiger partial charge on any atom is -0.345 e. The van der Waals surface area contributed by atoms with Gasteiger partial charge in [-0.2, -0.15) is 5.10 Å². The van der Waals surface area contributed by atoms with E-state index in [0.717, 1.165) is 34.8 Å². The first kappa shape index (κ1) is 20.2. The van der Waals surface area contributed by atoms with E-state index in [4.69, 9.17) is 0 Å². The number of hydrogen-bond acceptors (Lipinski definition) is 6. The van der Waals surface area contributed by atoms with E-state index in [2.05, 4.69) is 20.2 Å². The van der Waals surface area contributed by atoms with Crippen molar-refractivity contribution in [1.82, 2.24) is 30.0 Å². The Morgan fingerprint density at radius 3 is 2.77 bits per heavy atom. The molecule has 0 unspecified atom stereocenters. The summed E-state index contributed by atoms with van der Waals surface area (Å²) in [6.45, 7) is 1.33. The molecule has 9 heteroatoms. The number of rotatable bonds is 5. The zero-order valence-electron chi connectivity index (χ0n) is 17.0. The number of nitrogens with one attached hydrogen (secondary N) is 1. The Bertz CT molecular complexity index is 1020. The molecule has 0 aliphatic carbocycles. The predicted octanol–water partition coefficient (Wildman–Crippen LogP) is 2.58. The van der Waals surface area contributed by atoms with Crippen molar-refractivity contribution in [2.75, 3.05) is 27.2 Å². The van der Waals surface area contributed by atoms with Crippen LogP contribution in [0.4, 0.5) is 0 Å². The minimum atomic E-state index is -0.0507. The number of amides is 2. The van der Waals surface area contributed by atoms with Gasteiger partial charge in [-0.05, 0) is 25.0 Å². The summed E-state index contributed by atoms with van der Waals surface area (Å²) in [5.41, 5.74) is 3.25. The Labute approximate surface area is 179 Å². The zero-order chi connectivity index (χ0) is 21.1. The molecule has 1 aliphatic heterocycles. The van der Waals surface area contributed by atoms with Crippen molar-refractivity contribution < 1.29 is 9.59 Å². The number of pyridine rings is 1. The molecule has 30 heavy (non-hydrogen) atoms. The maximum Gasteiger partial charge on any atom is 0.256 e. The fourth-order valence-corrected chi connectivity index (χ4v) is 4.52. The first-order valence-corrected chi connectivity index (χ1v) is 10.8. The van der Waals surface area contributed by atoms with E-state index < -0.39 is 0 Å². The van der Waals surface area contributed by atoms with Crippen LogP contribution in [0, 0.1) is 0 Å². The van der Waals surface area contributed by atoms with E-state index >= 15 is 0 Å². The smallest absolute Gasteiger partial charge is 0.256 e. The van der Waals surface area contributed by atoms with Crippen molar-refractivity contribution >= 4 is 23.2 Å². The van der Waals surface area contributed by atoms with Gasteiger partial charge < -0.3 is 9.80 Å². The van der Waals surface area contributed by atoms with Gasteiger partial charge in [0.2, 0.25) is 5.91 Å². The van der Waals surface area contributed by atoms with Crippen LogP contribution in [0.5, 0.6) is 0 Å². The van der Waals surface area contributed by atoms with E-state index in [9.17, 15) is 9.59 Å². The standard InChI is InChI=1S/C21H24N6O2S/c1-26(2)21(29)17-12-23-25-19(17)14-5-8-27(9-6-14)18(28)10-16-13-30-20(24-16)15-4-3-7-22-11-15/h3-4,7,11-14H,5-6,8-10H2,1-2H3,(H,23,25). The number of aromatic nitrogens is 4.